The highest BCUT2D eigenvalue weighted by atomic mass is 35.5. The number of amides is 5. The fourth-order valence-electron chi connectivity index (χ4n) is 8.56. The summed E-state index contributed by atoms with van der Waals surface area (Å²) in [5, 5.41) is 9.22. The molecule has 3 fully saturated rings. The molecule has 0 saturated carbocycles. The van der Waals surface area contributed by atoms with E-state index in [2.05, 4.69) is 42.6 Å². The van der Waals surface area contributed by atoms with Gasteiger partial charge < -0.3 is 29.7 Å². The highest BCUT2D eigenvalue weighted by Crippen LogP contribution is 2.33. The van der Waals surface area contributed by atoms with E-state index in [0.717, 1.165) is 93.0 Å². The van der Waals surface area contributed by atoms with Gasteiger partial charge in [0.05, 0.1) is 22.8 Å². The molecule has 3 N–H and O–H groups in total. The number of rotatable bonds is 13. The molecule has 5 amide bonds. The number of likely N-dealkylation sites (N-methyl/N-ethyl adjacent to an activating group) is 1. The van der Waals surface area contributed by atoms with Crippen LogP contribution in [0.15, 0.2) is 53.5 Å². The minimum Gasteiger partial charge on any atom is -0.478 e. The van der Waals surface area contributed by atoms with Gasteiger partial charge in [-0.05, 0) is 74.1 Å². The molecule has 4 aliphatic heterocycles. The zero-order valence-corrected chi connectivity index (χ0v) is 35.0. The van der Waals surface area contributed by atoms with Crippen molar-refractivity contribution in [2.75, 3.05) is 74.6 Å². The van der Waals surface area contributed by atoms with Gasteiger partial charge in [-0.2, -0.15) is 4.98 Å². The fourth-order valence-corrected chi connectivity index (χ4v) is 8.69. The summed E-state index contributed by atoms with van der Waals surface area (Å²) in [6.07, 6.45) is 5.50. The van der Waals surface area contributed by atoms with Crippen LogP contribution in [0.4, 0.5) is 23.1 Å². The summed E-state index contributed by atoms with van der Waals surface area (Å²) in [4.78, 5) is 93.1. The van der Waals surface area contributed by atoms with E-state index in [0.29, 0.717) is 40.5 Å². The number of nitrogens with one attached hydrogen (secondary N) is 3. The number of ether oxygens (including phenoxy) is 1. The van der Waals surface area contributed by atoms with Gasteiger partial charge in [0.25, 0.3) is 23.3 Å². The van der Waals surface area contributed by atoms with Gasteiger partial charge in [0.2, 0.25) is 17.8 Å². The molecule has 3 saturated heterocycles. The number of aryl methyl sites for hydroxylation is 1. The van der Waals surface area contributed by atoms with Crippen LogP contribution in [0.2, 0.25) is 5.02 Å². The number of hydrogen-bond acceptors (Lipinski definition) is 13. The Kier molecular flexibility index (Phi) is 12.2. The molecule has 320 valence electrons. The number of hydrogen-bond donors (Lipinski definition) is 3. The number of unbranched alkanes of at least 4 members (excludes halogenated alkanes) is 1. The second kappa shape index (κ2) is 17.9. The second-order valence-corrected chi connectivity index (χ2v) is 16.3. The number of imide groups is 2. The van der Waals surface area contributed by atoms with Gasteiger partial charge in [-0.1, -0.05) is 24.9 Å². The number of benzene rings is 2. The fraction of sp³-hybridized carbons (Fsp3) is 0.442. The van der Waals surface area contributed by atoms with Crippen molar-refractivity contribution in [3.63, 3.8) is 0 Å². The minimum atomic E-state index is -0.985. The van der Waals surface area contributed by atoms with Crippen molar-refractivity contribution < 1.29 is 28.7 Å². The first-order valence-corrected chi connectivity index (χ1v) is 21.3. The summed E-state index contributed by atoms with van der Waals surface area (Å²) in [7, 11) is 1.51. The molecule has 1 atom stereocenters. The van der Waals surface area contributed by atoms with Crippen molar-refractivity contribution in [2.24, 2.45) is 5.92 Å². The standard InChI is InChI=1S/C43H49ClN10O7/c1-3-4-13-53-33-8-5-28(20-27(33)21-35(42(53)60)61-25-37(56)45-2)47-38-32(44)23-46-43(49-38)52-18-16-50(17-19-52)24-26-11-14-51(15-12-26)29-6-7-30-31(22-29)41(59)54(40(30)58)34-9-10-36(55)48-39(34)57/h5-8,20-23,26,34H,3-4,9-19,24-25H2,1-2H3,(H,45,56)(H,46,47,49)(H,48,55,57). The van der Waals surface area contributed by atoms with Gasteiger partial charge in [0.1, 0.15) is 11.1 Å². The smallest absolute Gasteiger partial charge is 0.293 e. The number of fused-ring (bicyclic) bond motifs is 2. The number of anilines is 4. The summed E-state index contributed by atoms with van der Waals surface area (Å²) in [5.74, 6) is -0.694. The lowest BCUT2D eigenvalue weighted by Crippen LogP contribution is -2.54. The van der Waals surface area contributed by atoms with Crippen LogP contribution in [0.1, 0.15) is 66.2 Å². The van der Waals surface area contributed by atoms with E-state index in [-0.39, 0.29) is 42.2 Å². The number of pyridine rings is 1. The highest BCUT2D eigenvalue weighted by Gasteiger charge is 2.45. The first-order valence-electron chi connectivity index (χ1n) is 20.9. The first kappa shape index (κ1) is 41.7. The molecule has 17 nitrogen and oxygen atoms in total. The van der Waals surface area contributed by atoms with Gasteiger partial charge in [0, 0.05) is 82.6 Å². The Morgan fingerprint density at radius 2 is 1.69 bits per heavy atom. The van der Waals surface area contributed by atoms with E-state index >= 15 is 0 Å². The lowest BCUT2D eigenvalue weighted by Gasteiger charge is -2.39. The monoisotopic (exact) mass is 852 g/mol. The quantitative estimate of drug-likeness (QED) is 0.166. The van der Waals surface area contributed by atoms with Crippen LogP contribution >= 0.6 is 11.6 Å². The average Bonchev–Trinajstić information content (AvgIpc) is 3.51. The Balaban J connectivity index is 0.854. The highest BCUT2D eigenvalue weighted by molar-refractivity contribution is 6.33. The molecule has 4 aliphatic rings. The molecule has 0 radical (unpaired) electrons. The third-order valence-electron chi connectivity index (χ3n) is 12.0. The molecule has 6 heterocycles. The van der Waals surface area contributed by atoms with Crippen molar-refractivity contribution in [3.8, 4) is 5.75 Å². The summed E-state index contributed by atoms with van der Waals surface area (Å²) in [6, 6.07) is 11.6. The molecule has 1 unspecified atom stereocenters. The Morgan fingerprint density at radius 3 is 2.43 bits per heavy atom. The van der Waals surface area contributed by atoms with Crippen molar-refractivity contribution in [2.45, 2.75) is 58.0 Å². The molecular weight excluding hydrogens is 804 g/mol. The van der Waals surface area contributed by atoms with Crippen LogP contribution < -0.4 is 36.0 Å². The predicted molar refractivity (Wildman–Crippen MR) is 230 cm³/mol. The van der Waals surface area contributed by atoms with Crippen LogP contribution in [0.5, 0.6) is 5.75 Å². The normalized spacial score (nSPS) is 18.7. The Hall–Kier alpha value is -6.07. The summed E-state index contributed by atoms with van der Waals surface area (Å²) in [6.45, 7) is 8.14. The molecule has 2 aromatic heterocycles. The second-order valence-electron chi connectivity index (χ2n) is 15.9. The number of nitrogens with zero attached hydrogens (tertiary/aromatic N) is 7. The van der Waals surface area contributed by atoms with Crippen molar-refractivity contribution in [1.82, 2.24) is 35.0 Å². The maximum Gasteiger partial charge on any atom is 0.293 e. The van der Waals surface area contributed by atoms with Crippen LogP contribution in [-0.2, 0) is 20.9 Å². The number of halogens is 1. The molecule has 8 rings (SSSR count). The Morgan fingerprint density at radius 1 is 0.918 bits per heavy atom. The van der Waals surface area contributed by atoms with E-state index in [1.165, 1.54) is 7.05 Å². The zero-order valence-electron chi connectivity index (χ0n) is 34.2. The topological polar surface area (TPSA) is 191 Å². The SMILES string of the molecule is CCCCn1c(=O)c(OCC(=O)NC)cc2cc(Nc3nc(N4CCN(CC5CCN(c6ccc7c(c6)C(=O)N(C6CCC(=O)NC6=O)C7=O)CC5)CC4)ncc3Cl)ccc21. The zero-order chi connectivity index (χ0) is 42.8. The Labute approximate surface area is 357 Å². The van der Waals surface area contributed by atoms with Gasteiger partial charge in [0.15, 0.2) is 18.2 Å². The predicted octanol–water partition coefficient (Wildman–Crippen LogP) is 3.55. The van der Waals surface area contributed by atoms with Crippen LogP contribution in [0.3, 0.4) is 0 Å². The van der Waals surface area contributed by atoms with E-state index < -0.39 is 29.7 Å². The lowest BCUT2D eigenvalue weighted by molar-refractivity contribution is -0.136. The number of piperidine rings is 2. The summed E-state index contributed by atoms with van der Waals surface area (Å²) < 4.78 is 7.32. The lowest BCUT2D eigenvalue weighted by atomic mass is 9.95. The molecule has 0 aliphatic carbocycles. The van der Waals surface area contributed by atoms with Crippen molar-refractivity contribution in [1.29, 1.82) is 0 Å². The number of piperazine rings is 1. The van der Waals surface area contributed by atoms with Gasteiger partial charge in [-0.15, -0.1) is 0 Å². The van der Waals surface area contributed by atoms with E-state index in [9.17, 15) is 28.8 Å². The van der Waals surface area contributed by atoms with E-state index in [4.69, 9.17) is 21.3 Å². The number of aromatic nitrogens is 3. The van der Waals surface area contributed by atoms with Crippen LogP contribution in [0, 0.1) is 5.92 Å². The number of carbonyl (C=O) groups excluding carboxylic acids is 5. The molecule has 2 aromatic carbocycles. The van der Waals surface area contributed by atoms with E-state index in [1.54, 1.807) is 29.0 Å². The number of carbonyl (C=O) groups is 5. The van der Waals surface area contributed by atoms with Crippen LogP contribution in [0.25, 0.3) is 10.9 Å². The largest absolute Gasteiger partial charge is 0.478 e. The first-order chi connectivity index (χ1) is 29.5. The third-order valence-corrected chi connectivity index (χ3v) is 12.3. The average molecular weight is 853 g/mol. The van der Waals surface area contributed by atoms with Gasteiger partial charge in [-0.3, -0.25) is 43.9 Å². The molecule has 0 spiro atoms. The maximum absolute atomic E-state index is 13.4. The molecule has 61 heavy (non-hydrogen) atoms. The molecule has 0 bridgehead atoms. The molecule has 4 aromatic rings. The summed E-state index contributed by atoms with van der Waals surface area (Å²) in [5.41, 5.74) is 2.64. The summed E-state index contributed by atoms with van der Waals surface area (Å²) >= 11 is 6.60. The minimum absolute atomic E-state index is 0.0822. The van der Waals surface area contributed by atoms with Crippen molar-refractivity contribution in [3.05, 3.63) is 75.2 Å². The van der Waals surface area contributed by atoms with Gasteiger partial charge in [-0.25, -0.2) is 4.98 Å². The van der Waals surface area contributed by atoms with Crippen LogP contribution in [-0.4, -0.2) is 119 Å². The maximum atomic E-state index is 13.4. The molecule has 18 heteroatoms. The van der Waals surface area contributed by atoms with E-state index in [1.807, 2.05) is 24.3 Å². The third kappa shape index (κ3) is 8.75. The van der Waals surface area contributed by atoms with Gasteiger partial charge >= 0.3 is 0 Å². The molecular formula is C43H49ClN10O7. The van der Waals surface area contributed by atoms with Crippen molar-refractivity contribution >= 4 is 75.2 Å². The Bertz CT molecular complexity index is 2440.